The molecular weight excluding hydrogens is 308 g/mol. The molecule has 1 rings (SSSR count). The summed E-state index contributed by atoms with van der Waals surface area (Å²) in [5.41, 5.74) is 0.261. The Balaban J connectivity index is 3.20. The smallest absolute Gasteiger partial charge is 0.341 e. The Labute approximate surface area is 133 Å². The van der Waals surface area contributed by atoms with Crippen LogP contribution in [0.4, 0.5) is 0 Å². The first-order valence-corrected chi connectivity index (χ1v) is 6.78. The fourth-order valence-electron chi connectivity index (χ4n) is 1.77. The lowest BCUT2D eigenvalue weighted by atomic mass is 10.1. The summed E-state index contributed by atoms with van der Waals surface area (Å²) in [5, 5.41) is 20.1. The van der Waals surface area contributed by atoms with Gasteiger partial charge in [0, 0.05) is 12.5 Å². The third kappa shape index (κ3) is 4.33. The van der Waals surface area contributed by atoms with Crippen molar-refractivity contribution in [3.8, 4) is 17.2 Å². The number of methoxy groups -OCH3 is 2. The second kappa shape index (κ2) is 7.80. The van der Waals surface area contributed by atoms with Gasteiger partial charge in [0.25, 0.3) is 0 Å². The van der Waals surface area contributed by atoms with Gasteiger partial charge in [0.05, 0.1) is 20.8 Å². The number of rotatable bonds is 8. The molecule has 0 saturated carbocycles. The molecule has 0 aromatic heterocycles. The first kappa shape index (κ1) is 18.7. The van der Waals surface area contributed by atoms with Crippen molar-refractivity contribution < 1.29 is 38.7 Å². The molecule has 0 saturated heterocycles. The van der Waals surface area contributed by atoms with Crippen molar-refractivity contribution in [1.82, 2.24) is 0 Å². The van der Waals surface area contributed by atoms with Gasteiger partial charge < -0.3 is 29.2 Å². The van der Waals surface area contributed by atoms with E-state index in [1.807, 2.05) is 0 Å². The average Bonchev–Trinajstić information content (AvgIpc) is 2.53. The topological polar surface area (TPSA) is 112 Å². The third-order valence-electron chi connectivity index (χ3n) is 2.94. The molecule has 1 aromatic carbocycles. The van der Waals surface area contributed by atoms with E-state index in [1.165, 1.54) is 26.4 Å². The van der Waals surface area contributed by atoms with Crippen molar-refractivity contribution in [2.75, 3.05) is 20.8 Å². The summed E-state index contributed by atoms with van der Waals surface area (Å²) in [6.07, 6.45) is -1.37. The van der Waals surface area contributed by atoms with Crippen LogP contribution in [0.15, 0.2) is 12.1 Å². The number of aldehydes is 1. The Morgan fingerprint density at radius 2 is 1.83 bits per heavy atom. The molecular formula is C15H20O8. The summed E-state index contributed by atoms with van der Waals surface area (Å²) in [4.78, 5) is 22.5. The van der Waals surface area contributed by atoms with Gasteiger partial charge in [0.2, 0.25) is 17.6 Å². The van der Waals surface area contributed by atoms with Gasteiger partial charge in [-0.1, -0.05) is 0 Å². The van der Waals surface area contributed by atoms with Crippen LogP contribution in [0, 0.1) is 0 Å². The number of aliphatic hydroxyl groups is 2. The Bertz CT molecular complexity index is 542. The summed E-state index contributed by atoms with van der Waals surface area (Å²) in [5.74, 6) is -3.25. The molecule has 0 bridgehead atoms. The highest BCUT2D eigenvalue weighted by Crippen LogP contribution is 2.40. The van der Waals surface area contributed by atoms with E-state index in [0.717, 1.165) is 6.92 Å². The number of aliphatic hydroxyl groups excluding tert-OH is 1. The summed E-state index contributed by atoms with van der Waals surface area (Å²) >= 11 is 0. The summed E-state index contributed by atoms with van der Waals surface area (Å²) in [7, 11) is 2.65. The van der Waals surface area contributed by atoms with Crippen LogP contribution < -0.4 is 14.2 Å². The van der Waals surface area contributed by atoms with E-state index in [1.54, 1.807) is 6.92 Å². The number of carbonyl (C=O) groups excluding carboxylic acids is 2. The molecule has 2 atom stereocenters. The lowest BCUT2D eigenvalue weighted by Crippen LogP contribution is -2.50. The predicted molar refractivity (Wildman–Crippen MR) is 78.8 cm³/mol. The molecule has 0 spiro atoms. The average molecular weight is 328 g/mol. The van der Waals surface area contributed by atoms with Crippen LogP contribution in [0.5, 0.6) is 17.2 Å². The highest BCUT2D eigenvalue weighted by molar-refractivity contribution is 5.78. The van der Waals surface area contributed by atoms with Gasteiger partial charge in [0.15, 0.2) is 11.5 Å². The molecule has 0 aliphatic carbocycles. The molecule has 1 aromatic rings. The van der Waals surface area contributed by atoms with Gasteiger partial charge in [0.1, 0.15) is 6.29 Å². The number of ether oxygens (including phenoxy) is 4. The molecule has 2 unspecified atom stereocenters. The van der Waals surface area contributed by atoms with Crippen LogP contribution in [0.1, 0.15) is 24.2 Å². The number of benzene rings is 1. The first-order chi connectivity index (χ1) is 10.8. The zero-order chi connectivity index (χ0) is 17.6. The van der Waals surface area contributed by atoms with Crippen molar-refractivity contribution >= 4 is 12.3 Å². The molecule has 0 aliphatic heterocycles. The largest absolute Gasteiger partial charge is 0.493 e. The van der Waals surface area contributed by atoms with Crippen LogP contribution in [0.2, 0.25) is 0 Å². The maximum Gasteiger partial charge on any atom is 0.341 e. The van der Waals surface area contributed by atoms with Crippen LogP contribution in [-0.2, 0) is 9.53 Å². The van der Waals surface area contributed by atoms with Gasteiger partial charge in [-0.25, -0.2) is 4.79 Å². The minimum atomic E-state index is -2.31. The number of hydrogen-bond donors (Lipinski definition) is 2. The molecule has 0 fully saturated rings. The molecule has 23 heavy (non-hydrogen) atoms. The maximum atomic E-state index is 11.6. The SMILES string of the molecule is CCOC(=O)C(O)C(C)(O)Oc1c(OC)cc(C=O)cc1OC. The second-order valence-electron chi connectivity index (χ2n) is 4.68. The minimum Gasteiger partial charge on any atom is -0.493 e. The van der Waals surface area contributed by atoms with Crippen molar-refractivity contribution in [1.29, 1.82) is 0 Å². The molecule has 0 aliphatic rings. The normalized spacial score (nSPS) is 14.3. The van der Waals surface area contributed by atoms with Crippen LogP contribution in [0.25, 0.3) is 0 Å². The molecule has 0 amide bonds. The van der Waals surface area contributed by atoms with Crippen molar-refractivity contribution in [3.05, 3.63) is 17.7 Å². The van der Waals surface area contributed by atoms with Gasteiger partial charge in [-0.15, -0.1) is 0 Å². The van der Waals surface area contributed by atoms with Gasteiger partial charge in [-0.05, 0) is 19.1 Å². The van der Waals surface area contributed by atoms with Gasteiger partial charge in [-0.2, -0.15) is 0 Å². The number of hydrogen-bond acceptors (Lipinski definition) is 8. The number of esters is 1. The van der Waals surface area contributed by atoms with E-state index >= 15 is 0 Å². The molecule has 2 N–H and O–H groups in total. The molecule has 128 valence electrons. The molecule has 8 heteroatoms. The fraction of sp³-hybridized carbons (Fsp3) is 0.467. The molecule has 8 nitrogen and oxygen atoms in total. The minimum absolute atomic E-state index is 0.0344. The Hall–Kier alpha value is -2.32. The van der Waals surface area contributed by atoms with Crippen molar-refractivity contribution in [2.24, 2.45) is 0 Å². The quantitative estimate of drug-likeness (QED) is 0.404. The van der Waals surface area contributed by atoms with E-state index in [4.69, 9.17) is 14.2 Å². The van der Waals surface area contributed by atoms with Gasteiger partial charge >= 0.3 is 5.97 Å². The lowest BCUT2D eigenvalue weighted by Gasteiger charge is -2.29. The summed E-state index contributed by atoms with van der Waals surface area (Å²) in [6.45, 7) is 2.68. The van der Waals surface area contributed by atoms with Crippen molar-refractivity contribution in [2.45, 2.75) is 25.7 Å². The Morgan fingerprint density at radius 3 is 2.22 bits per heavy atom. The molecule has 0 radical (unpaired) electrons. The first-order valence-electron chi connectivity index (χ1n) is 6.78. The predicted octanol–water partition coefficient (Wildman–Crippen LogP) is 0.528. The van der Waals surface area contributed by atoms with E-state index < -0.39 is 17.9 Å². The standard InChI is InChI=1S/C15H20O8/c1-5-22-14(18)13(17)15(2,19)23-12-10(20-3)6-9(8-16)7-11(12)21-4/h6-8,13,17,19H,5H2,1-4H3. The summed E-state index contributed by atoms with van der Waals surface area (Å²) < 4.78 is 20.1. The van der Waals surface area contributed by atoms with Crippen molar-refractivity contribution in [3.63, 3.8) is 0 Å². The van der Waals surface area contributed by atoms with E-state index in [0.29, 0.717) is 6.29 Å². The zero-order valence-electron chi connectivity index (χ0n) is 13.4. The van der Waals surface area contributed by atoms with E-state index in [9.17, 15) is 19.8 Å². The Morgan fingerprint density at radius 1 is 1.30 bits per heavy atom. The monoisotopic (exact) mass is 328 g/mol. The fourth-order valence-corrected chi connectivity index (χ4v) is 1.77. The van der Waals surface area contributed by atoms with E-state index in [-0.39, 0.29) is 29.4 Å². The maximum absolute atomic E-state index is 11.6. The van der Waals surface area contributed by atoms with Gasteiger partial charge in [-0.3, -0.25) is 4.79 Å². The van der Waals surface area contributed by atoms with E-state index in [2.05, 4.69) is 4.74 Å². The second-order valence-corrected chi connectivity index (χ2v) is 4.68. The highest BCUT2D eigenvalue weighted by Gasteiger charge is 2.41. The van der Waals surface area contributed by atoms with Crippen LogP contribution in [-0.4, -0.2) is 55.2 Å². The number of carbonyl (C=O) groups is 2. The highest BCUT2D eigenvalue weighted by atomic mass is 16.7. The van der Waals surface area contributed by atoms with Crippen LogP contribution >= 0.6 is 0 Å². The molecule has 0 heterocycles. The third-order valence-corrected chi connectivity index (χ3v) is 2.94. The zero-order valence-corrected chi connectivity index (χ0v) is 13.4. The van der Waals surface area contributed by atoms with Crippen LogP contribution in [0.3, 0.4) is 0 Å². The lowest BCUT2D eigenvalue weighted by molar-refractivity contribution is -0.210. The summed E-state index contributed by atoms with van der Waals surface area (Å²) in [6, 6.07) is 2.72. The Kier molecular flexibility index (Phi) is 6.35.